The third-order valence-corrected chi connectivity index (χ3v) is 6.12. The topological polar surface area (TPSA) is 30.0 Å². The molecule has 0 atom stereocenters. The maximum Gasteiger partial charge on any atom is 0.236 e. The lowest BCUT2D eigenvalue weighted by Gasteiger charge is -2.38. The number of carbonyl (C=O) groups excluding carboxylic acids is 1. The van der Waals surface area contributed by atoms with Crippen LogP contribution in [0.3, 0.4) is 0 Å². The number of amides is 1. The van der Waals surface area contributed by atoms with Gasteiger partial charge in [-0.1, -0.05) is 42.5 Å². The van der Waals surface area contributed by atoms with Crippen LogP contribution < -0.4 is 4.90 Å². The van der Waals surface area contributed by atoms with Crippen LogP contribution in [0.25, 0.3) is 6.08 Å². The number of halogens is 1. The number of anilines is 1. The van der Waals surface area contributed by atoms with Gasteiger partial charge in [0.15, 0.2) is 0 Å². The summed E-state index contributed by atoms with van der Waals surface area (Å²) >= 11 is 0. The van der Waals surface area contributed by atoms with E-state index in [2.05, 4.69) is 39.0 Å². The molecule has 0 radical (unpaired) electrons. The second-order valence-electron chi connectivity index (χ2n) is 8.23. The Balaban J connectivity index is 1.16. The predicted molar refractivity (Wildman–Crippen MR) is 124 cm³/mol. The molecule has 4 rings (SSSR count). The number of carbonyl (C=O) groups is 1. The lowest BCUT2D eigenvalue weighted by atomic mass is 10.2. The van der Waals surface area contributed by atoms with Crippen LogP contribution >= 0.6 is 0 Å². The van der Waals surface area contributed by atoms with Crippen LogP contribution in [0.15, 0.2) is 60.7 Å². The highest BCUT2D eigenvalue weighted by atomic mass is 19.1. The maximum atomic E-state index is 13.1. The molecule has 1 amide bonds. The van der Waals surface area contributed by atoms with Crippen LogP contribution in [0.1, 0.15) is 5.56 Å². The second kappa shape index (κ2) is 10.6. The standard InChI is InChI=1S/C25H31FN4O/c26-23-8-10-24(11-9-23)29-17-15-28(16-18-29)21-25(31)30-19-13-27(14-20-30)12-4-7-22-5-2-1-3-6-22/h1-11H,12-21H2/b7-4+. The average molecular weight is 423 g/mol. The first-order valence-corrected chi connectivity index (χ1v) is 11.1. The Morgan fingerprint density at radius 2 is 1.45 bits per heavy atom. The Hall–Kier alpha value is -2.70. The summed E-state index contributed by atoms with van der Waals surface area (Å²) in [5, 5.41) is 0. The molecule has 2 aliphatic rings. The molecule has 31 heavy (non-hydrogen) atoms. The van der Waals surface area contributed by atoms with Crippen LogP contribution in [0, 0.1) is 5.82 Å². The average Bonchev–Trinajstić information content (AvgIpc) is 2.81. The summed E-state index contributed by atoms with van der Waals surface area (Å²) in [7, 11) is 0. The molecule has 0 N–H and O–H groups in total. The highest BCUT2D eigenvalue weighted by Gasteiger charge is 2.24. The fourth-order valence-electron chi connectivity index (χ4n) is 4.19. The normalized spacial score (nSPS) is 18.6. The minimum atomic E-state index is -0.208. The predicted octanol–water partition coefficient (Wildman–Crippen LogP) is 2.81. The summed E-state index contributed by atoms with van der Waals surface area (Å²) in [6.45, 7) is 8.28. The molecule has 0 spiro atoms. The van der Waals surface area contributed by atoms with E-state index in [1.54, 1.807) is 0 Å². The first kappa shape index (κ1) is 21.5. The molecular weight excluding hydrogens is 391 g/mol. The first-order chi connectivity index (χ1) is 15.2. The van der Waals surface area contributed by atoms with Crippen molar-refractivity contribution in [1.29, 1.82) is 0 Å². The fourth-order valence-corrected chi connectivity index (χ4v) is 4.19. The van der Waals surface area contributed by atoms with Gasteiger partial charge in [-0.05, 0) is 29.8 Å². The summed E-state index contributed by atoms with van der Waals surface area (Å²) < 4.78 is 13.1. The van der Waals surface area contributed by atoms with E-state index in [-0.39, 0.29) is 11.7 Å². The smallest absolute Gasteiger partial charge is 0.236 e. The van der Waals surface area contributed by atoms with E-state index in [9.17, 15) is 9.18 Å². The minimum Gasteiger partial charge on any atom is -0.369 e. The molecule has 2 aromatic rings. The van der Waals surface area contributed by atoms with Crippen LogP contribution in [-0.2, 0) is 4.79 Å². The van der Waals surface area contributed by atoms with Crippen LogP contribution in [0.5, 0.6) is 0 Å². The maximum absolute atomic E-state index is 13.1. The monoisotopic (exact) mass is 422 g/mol. The largest absolute Gasteiger partial charge is 0.369 e. The quantitative estimate of drug-likeness (QED) is 0.716. The molecule has 0 bridgehead atoms. The zero-order valence-electron chi connectivity index (χ0n) is 18.0. The number of nitrogens with zero attached hydrogens (tertiary/aromatic N) is 4. The van der Waals surface area contributed by atoms with Crippen molar-refractivity contribution < 1.29 is 9.18 Å². The third kappa shape index (κ3) is 6.15. The lowest BCUT2D eigenvalue weighted by Crippen LogP contribution is -2.53. The van der Waals surface area contributed by atoms with E-state index < -0.39 is 0 Å². The molecule has 5 nitrogen and oxygen atoms in total. The van der Waals surface area contributed by atoms with E-state index in [0.717, 1.165) is 64.6 Å². The van der Waals surface area contributed by atoms with Gasteiger partial charge >= 0.3 is 0 Å². The van der Waals surface area contributed by atoms with E-state index in [1.165, 1.54) is 17.7 Å². The number of hydrogen-bond acceptors (Lipinski definition) is 4. The van der Waals surface area contributed by atoms with Crippen molar-refractivity contribution in [3.05, 3.63) is 72.1 Å². The number of piperazine rings is 2. The van der Waals surface area contributed by atoms with Crippen LogP contribution in [0.2, 0.25) is 0 Å². The molecule has 0 saturated carbocycles. The summed E-state index contributed by atoms with van der Waals surface area (Å²) in [6, 6.07) is 17.0. The van der Waals surface area contributed by atoms with E-state index in [0.29, 0.717) is 6.54 Å². The molecule has 2 heterocycles. The van der Waals surface area contributed by atoms with Crippen LogP contribution in [0.4, 0.5) is 10.1 Å². The molecule has 0 aliphatic carbocycles. The van der Waals surface area contributed by atoms with Gasteiger partial charge in [-0.3, -0.25) is 14.6 Å². The zero-order chi connectivity index (χ0) is 21.5. The van der Waals surface area contributed by atoms with Crippen molar-refractivity contribution in [2.45, 2.75) is 0 Å². The van der Waals surface area contributed by atoms with Gasteiger partial charge in [-0.2, -0.15) is 0 Å². The van der Waals surface area contributed by atoms with Gasteiger partial charge < -0.3 is 9.80 Å². The summed E-state index contributed by atoms with van der Waals surface area (Å²) in [5.41, 5.74) is 2.26. The van der Waals surface area contributed by atoms with Gasteiger partial charge in [0.1, 0.15) is 5.82 Å². The Morgan fingerprint density at radius 3 is 2.13 bits per heavy atom. The number of hydrogen-bond donors (Lipinski definition) is 0. The number of rotatable bonds is 6. The Labute approximate surface area is 184 Å². The molecule has 2 fully saturated rings. The third-order valence-electron chi connectivity index (χ3n) is 6.12. The molecule has 164 valence electrons. The van der Waals surface area contributed by atoms with Gasteiger partial charge in [0, 0.05) is 64.6 Å². The van der Waals surface area contributed by atoms with Gasteiger partial charge in [-0.25, -0.2) is 4.39 Å². The van der Waals surface area contributed by atoms with E-state index in [1.807, 2.05) is 35.2 Å². The highest BCUT2D eigenvalue weighted by molar-refractivity contribution is 5.78. The minimum absolute atomic E-state index is 0.208. The van der Waals surface area contributed by atoms with Crippen molar-refractivity contribution in [3.8, 4) is 0 Å². The summed E-state index contributed by atoms with van der Waals surface area (Å²) in [4.78, 5) is 21.6. The van der Waals surface area contributed by atoms with Crippen LogP contribution in [-0.4, -0.2) is 86.1 Å². The fraction of sp³-hybridized carbons (Fsp3) is 0.400. The first-order valence-electron chi connectivity index (χ1n) is 11.1. The van der Waals surface area contributed by atoms with Crippen molar-refractivity contribution >= 4 is 17.7 Å². The Kier molecular flexibility index (Phi) is 7.33. The summed E-state index contributed by atoms with van der Waals surface area (Å²) in [5.74, 6) is 0.0232. The van der Waals surface area contributed by atoms with E-state index in [4.69, 9.17) is 0 Å². The van der Waals surface area contributed by atoms with Crippen molar-refractivity contribution in [1.82, 2.24) is 14.7 Å². The zero-order valence-corrected chi connectivity index (χ0v) is 18.0. The van der Waals surface area contributed by atoms with Gasteiger partial charge in [0.25, 0.3) is 0 Å². The Bertz CT molecular complexity index is 855. The molecule has 2 saturated heterocycles. The van der Waals surface area contributed by atoms with E-state index >= 15 is 0 Å². The lowest BCUT2D eigenvalue weighted by molar-refractivity contribution is -0.134. The van der Waals surface area contributed by atoms with Gasteiger partial charge in [0.05, 0.1) is 6.54 Å². The van der Waals surface area contributed by atoms with Gasteiger partial charge in [0.2, 0.25) is 5.91 Å². The van der Waals surface area contributed by atoms with Crippen molar-refractivity contribution in [3.63, 3.8) is 0 Å². The van der Waals surface area contributed by atoms with Crippen molar-refractivity contribution in [2.75, 3.05) is 70.3 Å². The molecule has 0 aromatic heterocycles. The second-order valence-corrected chi connectivity index (χ2v) is 8.23. The highest BCUT2D eigenvalue weighted by Crippen LogP contribution is 2.17. The SMILES string of the molecule is O=C(CN1CCN(c2ccc(F)cc2)CC1)N1CCN(C/C=C/c2ccccc2)CC1. The molecule has 6 heteroatoms. The van der Waals surface area contributed by atoms with Crippen molar-refractivity contribution in [2.24, 2.45) is 0 Å². The molecule has 0 unspecified atom stereocenters. The Morgan fingerprint density at radius 1 is 0.806 bits per heavy atom. The van der Waals surface area contributed by atoms with Gasteiger partial charge in [-0.15, -0.1) is 0 Å². The molecular formula is C25H31FN4O. The summed E-state index contributed by atoms with van der Waals surface area (Å²) in [6.07, 6.45) is 4.36. The molecule has 2 aromatic carbocycles. The molecule has 2 aliphatic heterocycles. The number of benzene rings is 2.